The molecule has 1 fully saturated rings. The van der Waals surface area contributed by atoms with Gasteiger partial charge in [0, 0.05) is 21.5 Å². The molecule has 1 aliphatic heterocycles. The molecular weight excluding hydrogens is 251 g/mol. The fraction of sp³-hybridized carbons (Fsp3) is 0.500. The van der Waals surface area contributed by atoms with Crippen LogP contribution in [0, 0.1) is 3.57 Å². The van der Waals surface area contributed by atoms with Gasteiger partial charge in [-0.3, -0.25) is 0 Å². The maximum atomic E-state index is 3.45. The number of rotatable bonds is 1. The molecular formula is C8H11IN2. The molecule has 1 saturated heterocycles. The van der Waals surface area contributed by atoms with Crippen molar-refractivity contribution in [3.63, 3.8) is 0 Å². The minimum atomic E-state index is 0.582. The molecule has 0 unspecified atom stereocenters. The summed E-state index contributed by atoms with van der Waals surface area (Å²) in [4.78, 5) is 3.28. The summed E-state index contributed by atoms with van der Waals surface area (Å²) in [6, 6.07) is 2.79. The van der Waals surface area contributed by atoms with Crippen LogP contribution in [0.3, 0.4) is 0 Å². The highest BCUT2D eigenvalue weighted by Gasteiger charge is 2.16. The molecule has 2 heterocycles. The Morgan fingerprint density at radius 2 is 2.45 bits per heavy atom. The molecule has 1 aromatic rings. The molecule has 1 aromatic heterocycles. The Balaban J connectivity index is 2.15. The van der Waals surface area contributed by atoms with Gasteiger partial charge in [0.05, 0.1) is 0 Å². The zero-order valence-corrected chi connectivity index (χ0v) is 8.39. The molecule has 0 amide bonds. The molecule has 0 radical (unpaired) electrons. The second-order valence-corrected chi connectivity index (χ2v) is 4.17. The average Bonchev–Trinajstić information content (AvgIpc) is 2.55. The van der Waals surface area contributed by atoms with Gasteiger partial charge in [-0.05, 0) is 48.0 Å². The van der Waals surface area contributed by atoms with E-state index in [1.165, 1.54) is 28.7 Å². The Kier molecular flexibility index (Phi) is 2.18. The van der Waals surface area contributed by atoms with E-state index in [2.05, 4.69) is 45.2 Å². The van der Waals surface area contributed by atoms with Crippen LogP contribution < -0.4 is 5.32 Å². The zero-order valence-electron chi connectivity index (χ0n) is 6.23. The lowest BCUT2D eigenvalue weighted by Crippen LogP contribution is -2.12. The molecule has 2 rings (SSSR count). The number of H-pyrrole nitrogens is 1. The van der Waals surface area contributed by atoms with Crippen LogP contribution in [0.1, 0.15) is 24.6 Å². The second kappa shape index (κ2) is 3.15. The van der Waals surface area contributed by atoms with Gasteiger partial charge in [0.25, 0.3) is 0 Å². The Morgan fingerprint density at radius 1 is 1.55 bits per heavy atom. The van der Waals surface area contributed by atoms with E-state index in [4.69, 9.17) is 0 Å². The van der Waals surface area contributed by atoms with Crippen molar-refractivity contribution in [3.8, 4) is 0 Å². The quantitative estimate of drug-likeness (QED) is 0.745. The van der Waals surface area contributed by atoms with E-state index in [0.29, 0.717) is 6.04 Å². The number of hydrogen-bond donors (Lipinski definition) is 2. The first-order valence-corrected chi connectivity index (χ1v) is 5.01. The third-order valence-corrected chi connectivity index (χ3v) is 2.73. The van der Waals surface area contributed by atoms with Crippen LogP contribution in [0.25, 0.3) is 0 Å². The summed E-state index contributed by atoms with van der Waals surface area (Å²) in [5.41, 5.74) is 1.34. The van der Waals surface area contributed by atoms with E-state index in [0.717, 1.165) is 0 Å². The van der Waals surface area contributed by atoms with Crippen LogP contribution >= 0.6 is 22.6 Å². The molecule has 1 aliphatic rings. The Labute approximate surface area is 79.9 Å². The van der Waals surface area contributed by atoms with Gasteiger partial charge in [-0.2, -0.15) is 0 Å². The van der Waals surface area contributed by atoms with Crippen LogP contribution in [-0.2, 0) is 0 Å². The lowest BCUT2D eigenvalue weighted by Gasteiger charge is -2.05. The topological polar surface area (TPSA) is 27.8 Å². The average molecular weight is 262 g/mol. The SMILES string of the molecule is Ic1c[nH]c([C@@H]2CCCN2)c1. The number of aromatic amines is 1. The molecule has 0 bridgehead atoms. The fourth-order valence-electron chi connectivity index (χ4n) is 1.54. The molecule has 11 heavy (non-hydrogen) atoms. The molecule has 1 atom stereocenters. The van der Waals surface area contributed by atoms with E-state index >= 15 is 0 Å². The third kappa shape index (κ3) is 1.59. The summed E-state index contributed by atoms with van der Waals surface area (Å²) in [5.74, 6) is 0. The lowest BCUT2D eigenvalue weighted by molar-refractivity contribution is 0.632. The Morgan fingerprint density at radius 3 is 3.00 bits per heavy atom. The van der Waals surface area contributed by atoms with E-state index in [1.807, 2.05) is 0 Å². The van der Waals surface area contributed by atoms with Gasteiger partial charge in [-0.15, -0.1) is 0 Å². The molecule has 60 valence electrons. The third-order valence-electron chi connectivity index (χ3n) is 2.11. The molecule has 3 heteroatoms. The van der Waals surface area contributed by atoms with Gasteiger partial charge in [-0.25, -0.2) is 0 Å². The van der Waals surface area contributed by atoms with Gasteiger partial charge >= 0.3 is 0 Å². The van der Waals surface area contributed by atoms with E-state index in [1.54, 1.807) is 0 Å². The van der Waals surface area contributed by atoms with Crippen molar-refractivity contribution in [1.29, 1.82) is 0 Å². The minimum absolute atomic E-state index is 0.582. The molecule has 0 spiro atoms. The van der Waals surface area contributed by atoms with Crippen LogP contribution in [0.2, 0.25) is 0 Å². The van der Waals surface area contributed by atoms with Crippen molar-refractivity contribution >= 4 is 22.6 Å². The Hall–Kier alpha value is -0.0300. The van der Waals surface area contributed by atoms with Crippen molar-refractivity contribution in [2.75, 3.05) is 6.54 Å². The van der Waals surface area contributed by atoms with Crippen molar-refractivity contribution in [2.24, 2.45) is 0 Å². The van der Waals surface area contributed by atoms with Crippen LogP contribution in [0.4, 0.5) is 0 Å². The zero-order chi connectivity index (χ0) is 7.68. The maximum absolute atomic E-state index is 3.45. The maximum Gasteiger partial charge on any atom is 0.0473 e. The number of hydrogen-bond acceptors (Lipinski definition) is 1. The summed E-state index contributed by atoms with van der Waals surface area (Å²) in [6.07, 6.45) is 4.63. The van der Waals surface area contributed by atoms with Crippen LogP contribution in [0.15, 0.2) is 12.3 Å². The van der Waals surface area contributed by atoms with Gasteiger partial charge in [0.1, 0.15) is 0 Å². The highest BCUT2D eigenvalue weighted by Crippen LogP contribution is 2.22. The number of halogens is 1. The van der Waals surface area contributed by atoms with Crippen molar-refractivity contribution in [2.45, 2.75) is 18.9 Å². The summed E-state index contributed by atoms with van der Waals surface area (Å²) < 4.78 is 1.30. The largest absolute Gasteiger partial charge is 0.363 e. The fourth-order valence-corrected chi connectivity index (χ4v) is 2.03. The first-order valence-electron chi connectivity index (χ1n) is 3.93. The summed E-state index contributed by atoms with van der Waals surface area (Å²) in [5, 5.41) is 3.45. The van der Waals surface area contributed by atoms with Gasteiger partial charge in [0.15, 0.2) is 0 Å². The predicted octanol–water partition coefficient (Wildman–Crippen LogP) is 2.04. The predicted molar refractivity (Wildman–Crippen MR) is 53.5 cm³/mol. The minimum Gasteiger partial charge on any atom is -0.363 e. The summed E-state index contributed by atoms with van der Waals surface area (Å²) in [7, 11) is 0. The van der Waals surface area contributed by atoms with Gasteiger partial charge in [0.2, 0.25) is 0 Å². The lowest BCUT2D eigenvalue weighted by atomic mass is 10.2. The summed E-state index contributed by atoms with van der Waals surface area (Å²) in [6.45, 7) is 1.17. The smallest absolute Gasteiger partial charge is 0.0473 e. The van der Waals surface area contributed by atoms with Gasteiger partial charge < -0.3 is 10.3 Å². The van der Waals surface area contributed by atoms with Crippen molar-refractivity contribution < 1.29 is 0 Å². The highest BCUT2D eigenvalue weighted by molar-refractivity contribution is 14.1. The van der Waals surface area contributed by atoms with E-state index < -0.39 is 0 Å². The first-order chi connectivity index (χ1) is 5.36. The van der Waals surface area contributed by atoms with E-state index in [9.17, 15) is 0 Å². The van der Waals surface area contributed by atoms with Crippen LogP contribution in [0.5, 0.6) is 0 Å². The monoisotopic (exact) mass is 262 g/mol. The van der Waals surface area contributed by atoms with Gasteiger partial charge in [-0.1, -0.05) is 0 Å². The molecule has 2 N–H and O–H groups in total. The number of aromatic nitrogens is 1. The second-order valence-electron chi connectivity index (χ2n) is 2.92. The highest BCUT2D eigenvalue weighted by atomic mass is 127. The standard InChI is InChI=1S/C8H11IN2/c9-6-4-8(11-5-6)7-2-1-3-10-7/h4-5,7,10-11H,1-3H2/t7-/m0/s1. The molecule has 0 aromatic carbocycles. The first kappa shape index (κ1) is 7.61. The van der Waals surface area contributed by atoms with Crippen LogP contribution in [-0.4, -0.2) is 11.5 Å². The number of nitrogens with one attached hydrogen (secondary N) is 2. The normalized spacial score (nSPS) is 24.3. The molecule has 2 nitrogen and oxygen atoms in total. The summed E-state index contributed by atoms with van der Waals surface area (Å²) >= 11 is 2.33. The Bertz CT molecular complexity index is 238. The molecule has 0 aliphatic carbocycles. The van der Waals surface area contributed by atoms with Crippen molar-refractivity contribution in [3.05, 3.63) is 21.5 Å². The molecule has 0 saturated carbocycles. The van der Waals surface area contributed by atoms with Crippen molar-refractivity contribution in [1.82, 2.24) is 10.3 Å². The van der Waals surface area contributed by atoms with E-state index in [-0.39, 0.29) is 0 Å².